The molecule has 4 nitrogen and oxygen atoms in total. The number of benzene rings is 2. The summed E-state index contributed by atoms with van der Waals surface area (Å²) >= 11 is 0. The molecular weight excluding hydrogens is 374 g/mol. The van der Waals surface area contributed by atoms with Crippen molar-refractivity contribution in [2.45, 2.75) is 50.4 Å². The fourth-order valence-corrected chi connectivity index (χ4v) is 4.07. The Bertz CT molecular complexity index is 914. The first kappa shape index (κ1) is 19.6. The van der Waals surface area contributed by atoms with Crippen molar-refractivity contribution in [1.29, 1.82) is 0 Å². The second-order valence-corrected chi connectivity index (χ2v) is 7.93. The Morgan fingerprint density at radius 2 is 1.83 bits per heavy atom. The van der Waals surface area contributed by atoms with E-state index in [1.54, 1.807) is 6.07 Å². The summed E-state index contributed by atoms with van der Waals surface area (Å²) < 4.78 is 28.5. The molecule has 1 saturated carbocycles. The second-order valence-electron chi connectivity index (χ2n) is 7.93. The van der Waals surface area contributed by atoms with Crippen molar-refractivity contribution in [3.8, 4) is 0 Å². The highest BCUT2D eigenvalue weighted by Crippen LogP contribution is 2.41. The van der Waals surface area contributed by atoms with Gasteiger partial charge in [0, 0.05) is 13.3 Å². The first-order chi connectivity index (χ1) is 13.9. The van der Waals surface area contributed by atoms with Crippen LogP contribution in [0, 0.1) is 5.82 Å². The minimum Gasteiger partial charge on any atom is -0.343 e. The number of nitrogens with one attached hydrogen (secondary N) is 1. The summed E-state index contributed by atoms with van der Waals surface area (Å²) in [5.41, 5.74) is 2.13. The lowest BCUT2D eigenvalue weighted by Gasteiger charge is -2.26. The average molecular weight is 398 g/mol. The van der Waals surface area contributed by atoms with Crippen LogP contribution in [-0.2, 0) is 9.59 Å². The summed E-state index contributed by atoms with van der Waals surface area (Å²) in [6.45, 7) is 1.26. The molecule has 1 aliphatic heterocycles. The smallest absolute Gasteiger partial charge is 0.243 e. The molecule has 1 aliphatic carbocycles. The topological polar surface area (TPSA) is 49.4 Å². The van der Waals surface area contributed by atoms with Crippen molar-refractivity contribution < 1.29 is 18.4 Å². The maximum absolute atomic E-state index is 14.7. The van der Waals surface area contributed by atoms with Gasteiger partial charge in [0.05, 0.1) is 12.6 Å². The molecule has 4 rings (SSSR count). The number of likely N-dealkylation sites (tertiary alicyclic amines) is 1. The third kappa shape index (κ3) is 4.16. The molecule has 152 valence electrons. The Morgan fingerprint density at radius 3 is 2.45 bits per heavy atom. The standard InChI is InChI=1S/C23H24F2N2O2/c1-14(28)27-13-18(24)12-21(27)23(29)26-22(16-5-3-2-4-6-16)17-9-10-19(15-7-8-15)20(25)11-17/h2-6,9-11,15,18,21-22H,7-8,12-13H2,1H3,(H,26,29). The third-order valence-electron chi connectivity index (χ3n) is 5.75. The number of alkyl halides is 1. The molecule has 3 atom stereocenters. The molecule has 29 heavy (non-hydrogen) atoms. The zero-order chi connectivity index (χ0) is 20.5. The van der Waals surface area contributed by atoms with E-state index in [1.165, 1.54) is 17.9 Å². The number of hydrogen-bond acceptors (Lipinski definition) is 2. The van der Waals surface area contributed by atoms with Crippen LogP contribution in [0.4, 0.5) is 8.78 Å². The molecular formula is C23H24F2N2O2. The Balaban J connectivity index is 1.62. The fraction of sp³-hybridized carbons (Fsp3) is 0.391. The van der Waals surface area contributed by atoms with E-state index < -0.39 is 24.2 Å². The maximum atomic E-state index is 14.7. The molecule has 2 aromatic rings. The number of amides is 2. The monoisotopic (exact) mass is 398 g/mol. The van der Waals surface area contributed by atoms with Crippen LogP contribution in [-0.4, -0.2) is 35.5 Å². The highest BCUT2D eigenvalue weighted by atomic mass is 19.1. The number of rotatable bonds is 5. The van der Waals surface area contributed by atoms with E-state index in [4.69, 9.17) is 0 Å². The van der Waals surface area contributed by atoms with Gasteiger partial charge in [0.25, 0.3) is 0 Å². The Morgan fingerprint density at radius 1 is 1.10 bits per heavy atom. The Kier molecular flexibility index (Phi) is 5.35. The van der Waals surface area contributed by atoms with Crippen molar-refractivity contribution in [3.05, 3.63) is 71.0 Å². The van der Waals surface area contributed by atoms with Crippen LogP contribution in [0.2, 0.25) is 0 Å². The van der Waals surface area contributed by atoms with Gasteiger partial charge in [-0.05, 0) is 41.5 Å². The number of hydrogen-bond donors (Lipinski definition) is 1. The molecule has 1 heterocycles. The molecule has 1 N–H and O–H groups in total. The second kappa shape index (κ2) is 7.93. The third-order valence-corrected chi connectivity index (χ3v) is 5.75. The normalized spacial score (nSPS) is 22.4. The molecule has 0 aromatic heterocycles. The first-order valence-electron chi connectivity index (χ1n) is 10.00. The highest BCUT2D eigenvalue weighted by molar-refractivity contribution is 5.88. The molecule has 6 heteroatoms. The van der Waals surface area contributed by atoms with Gasteiger partial charge in [-0.3, -0.25) is 9.59 Å². The van der Waals surface area contributed by atoms with Crippen LogP contribution in [0.15, 0.2) is 48.5 Å². The van der Waals surface area contributed by atoms with Crippen LogP contribution in [0.1, 0.15) is 54.8 Å². The quantitative estimate of drug-likeness (QED) is 0.831. The zero-order valence-corrected chi connectivity index (χ0v) is 16.3. The fourth-order valence-electron chi connectivity index (χ4n) is 4.07. The van der Waals surface area contributed by atoms with E-state index in [2.05, 4.69) is 5.32 Å². The summed E-state index contributed by atoms with van der Waals surface area (Å²) in [5, 5.41) is 2.92. The molecule has 0 radical (unpaired) electrons. The largest absolute Gasteiger partial charge is 0.343 e. The predicted octanol–water partition coefficient (Wildman–Crippen LogP) is 3.87. The number of carbonyl (C=O) groups excluding carboxylic acids is 2. The van der Waals surface area contributed by atoms with Gasteiger partial charge in [0.15, 0.2) is 0 Å². The summed E-state index contributed by atoms with van der Waals surface area (Å²) in [4.78, 5) is 26.0. The van der Waals surface area contributed by atoms with E-state index in [-0.39, 0.29) is 30.6 Å². The molecule has 3 unspecified atom stereocenters. The summed E-state index contributed by atoms with van der Waals surface area (Å²) in [6.07, 6.45) is 0.756. The van der Waals surface area contributed by atoms with Crippen molar-refractivity contribution in [3.63, 3.8) is 0 Å². The number of halogens is 2. The van der Waals surface area contributed by atoms with Crippen LogP contribution in [0.5, 0.6) is 0 Å². The van der Waals surface area contributed by atoms with Gasteiger partial charge in [-0.1, -0.05) is 42.5 Å². The van der Waals surface area contributed by atoms with Crippen molar-refractivity contribution >= 4 is 11.8 Å². The molecule has 0 bridgehead atoms. The molecule has 0 spiro atoms. The molecule has 1 saturated heterocycles. The predicted molar refractivity (Wildman–Crippen MR) is 105 cm³/mol. The van der Waals surface area contributed by atoms with Gasteiger partial charge in [-0.25, -0.2) is 8.78 Å². The van der Waals surface area contributed by atoms with E-state index in [0.717, 1.165) is 18.4 Å². The Hall–Kier alpha value is -2.76. The van der Waals surface area contributed by atoms with Crippen LogP contribution >= 0.6 is 0 Å². The molecule has 2 amide bonds. The minimum atomic E-state index is -1.22. The van der Waals surface area contributed by atoms with Crippen molar-refractivity contribution in [2.24, 2.45) is 0 Å². The number of carbonyl (C=O) groups is 2. The van der Waals surface area contributed by atoms with Gasteiger partial charge in [0.2, 0.25) is 11.8 Å². The van der Waals surface area contributed by atoms with Gasteiger partial charge in [0.1, 0.15) is 18.0 Å². The lowest BCUT2D eigenvalue weighted by Crippen LogP contribution is -2.46. The summed E-state index contributed by atoms with van der Waals surface area (Å²) in [5.74, 6) is -0.740. The van der Waals surface area contributed by atoms with Crippen molar-refractivity contribution in [2.75, 3.05) is 6.54 Å². The first-order valence-corrected chi connectivity index (χ1v) is 10.00. The number of nitrogens with zero attached hydrogens (tertiary/aromatic N) is 1. The van der Waals surface area contributed by atoms with Crippen molar-refractivity contribution in [1.82, 2.24) is 10.2 Å². The van der Waals surface area contributed by atoms with Crippen LogP contribution < -0.4 is 5.32 Å². The molecule has 2 aliphatic rings. The van der Waals surface area contributed by atoms with Crippen LogP contribution in [0.3, 0.4) is 0 Å². The SMILES string of the molecule is CC(=O)N1CC(F)CC1C(=O)NC(c1ccccc1)c1ccc(C2CC2)c(F)c1. The van der Waals surface area contributed by atoms with Gasteiger partial charge in [-0.15, -0.1) is 0 Å². The zero-order valence-electron chi connectivity index (χ0n) is 16.3. The average Bonchev–Trinajstić information content (AvgIpc) is 3.47. The van der Waals surface area contributed by atoms with Gasteiger partial charge >= 0.3 is 0 Å². The molecule has 2 aromatic carbocycles. The summed E-state index contributed by atoms with van der Waals surface area (Å²) in [6, 6.07) is 12.9. The lowest BCUT2D eigenvalue weighted by atomic mass is 9.96. The summed E-state index contributed by atoms with van der Waals surface area (Å²) in [7, 11) is 0. The van der Waals surface area contributed by atoms with E-state index >= 15 is 0 Å². The molecule has 2 fully saturated rings. The van der Waals surface area contributed by atoms with E-state index in [0.29, 0.717) is 11.1 Å². The minimum absolute atomic E-state index is 0.0259. The van der Waals surface area contributed by atoms with Gasteiger partial charge in [-0.2, -0.15) is 0 Å². The lowest BCUT2D eigenvalue weighted by molar-refractivity contribution is -0.137. The maximum Gasteiger partial charge on any atom is 0.243 e. The Labute approximate surface area is 168 Å². The van der Waals surface area contributed by atoms with E-state index in [9.17, 15) is 18.4 Å². The highest BCUT2D eigenvalue weighted by Gasteiger charge is 2.39. The van der Waals surface area contributed by atoms with Crippen LogP contribution in [0.25, 0.3) is 0 Å². The van der Waals surface area contributed by atoms with E-state index in [1.807, 2.05) is 36.4 Å². The van der Waals surface area contributed by atoms with Gasteiger partial charge < -0.3 is 10.2 Å².